The van der Waals surface area contributed by atoms with Crippen molar-refractivity contribution in [3.05, 3.63) is 59.8 Å². The minimum atomic E-state index is -0.649. The van der Waals surface area contributed by atoms with Crippen LogP contribution in [0.15, 0.2) is 54.2 Å². The van der Waals surface area contributed by atoms with Gasteiger partial charge < -0.3 is 9.30 Å². The fourth-order valence-electron chi connectivity index (χ4n) is 2.41. The van der Waals surface area contributed by atoms with Crippen LogP contribution in [-0.2, 0) is 7.05 Å². The standard InChI is InChI=1S/C17H11FN4O2S/c1-22-8-13(20-9-22)16-7-12-17(25-16)15(4-5-19-12)24-14-3-2-10(21-23)6-11(14)18/h2-9H,1H3. The number of halogens is 1. The van der Waals surface area contributed by atoms with Crippen LogP contribution in [0.25, 0.3) is 20.8 Å². The Labute approximate surface area is 145 Å². The molecule has 25 heavy (non-hydrogen) atoms. The van der Waals surface area contributed by atoms with E-state index in [1.165, 1.54) is 23.5 Å². The number of benzene rings is 1. The van der Waals surface area contributed by atoms with E-state index >= 15 is 0 Å². The third-order valence-electron chi connectivity index (χ3n) is 3.57. The zero-order valence-corrected chi connectivity index (χ0v) is 13.8. The van der Waals surface area contributed by atoms with Crippen LogP contribution in [0.3, 0.4) is 0 Å². The predicted octanol–water partition coefficient (Wildman–Crippen LogP) is 5.03. The Kier molecular flexibility index (Phi) is 3.73. The molecule has 0 bridgehead atoms. The summed E-state index contributed by atoms with van der Waals surface area (Å²) in [4.78, 5) is 20.1. The molecule has 0 fully saturated rings. The smallest absolute Gasteiger partial charge is 0.167 e. The van der Waals surface area contributed by atoms with Crippen molar-refractivity contribution in [3.63, 3.8) is 0 Å². The van der Waals surface area contributed by atoms with Crippen molar-refractivity contribution in [3.8, 4) is 22.1 Å². The van der Waals surface area contributed by atoms with Crippen LogP contribution in [0, 0.1) is 10.7 Å². The van der Waals surface area contributed by atoms with Crippen molar-refractivity contribution < 1.29 is 9.13 Å². The van der Waals surface area contributed by atoms with E-state index in [1.54, 1.807) is 18.6 Å². The van der Waals surface area contributed by atoms with Crippen LogP contribution in [0.1, 0.15) is 0 Å². The van der Waals surface area contributed by atoms with Crippen LogP contribution in [0.5, 0.6) is 11.5 Å². The number of hydrogen-bond donors (Lipinski definition) is 0. The molecule has 0 radical (unpaired) electrons. The first-order valence-corrected chi connectivity index (χ1v) is 8.13. The Hall–Kier alpha value is -3.13. The van der Waals surface area contributed by atoms with Gasteiger partial charge >= 0.3 is 0 Å². The molecule has 8 heteroatoms. The summed E-state index contributed by atoms with van der Waals surface area (Å²) < 4.78 is 22.4. The summed E-state index contributed by atoms with van der Waals surface area (Å²) in [6, 6.07) is 7.41. The van der Waals surface area contributed by atoms with Gasteiger partial charge in [-0.05, 0) is 23.4 Å². The summed E-state index contributed by atoms with van der Waals surface area (Å²) in [5.41, 5.74) is 1.59. The molecule has 0 N–H and O–H groups in total. The van der Waals surface area contributed by atoms with Crippen LogP contribution in [0.2, 0.25) is 0 Å². The van der Waals surface area contributed by atoms with Gasteiger partial charge in [0.25, 0.3) is 0 Å². The molecule has 3 heterocycles. The Morgan fingerprint density at radius 2 is 2.08 bits per heavy atom. The number of hydrogen-bond acceptors (Lipinski definition) is 6. The molecule has 6 nitrogen and oxygen atoms in total. The molecule has 0 spiro atoms. The number of aromatic nitrogens is 3. The number of thiophene rings is 1. The zero-order chi connectivity index (χ0) is 17.4. The van der Waals surface area contributed by atoms with E-state index in [2.05, 4.69) is 15.1 Å². The van der Waals surface area contributed by atoms with E-state index in [-0.39, 0.29) is 11.4 Å². The zero-order valence-electron chi connectivity index (χ0n) is 13.0. The second-order valence-corrected chi connectivity index (χ2v) is 6.42. The van der Waals surface area contributed by atoms with Gasteiger partial charge in [-0.3, -0.25) is 4.98 Å². The first-order chi connectivity index (χ1) is 12.1. The summed E-state index contributed by atoms with van der Waals surface area (Å²) in [6.45, 7) is 0. The highest BCUT2D eigenvalue weighted by Gasteiger charge is 2.14. The summed E-state index contributed by atoms with van der Waals surface area (Å²) in [6.07, 6.45) is 5.24. The van der Waals surface area contributed by atoms with E-state index in [0.717, 1.165) is 26.9 Å². The molecular weight excluding hydrogens is 343 g/mol. The molecule has 0 aliphatic heterocycles. The fraction of sp³-hybridized carbons (Fsp3) is 0.0588. The summed E-state index contributed by atoms with van der Waals surface area (Å²) in [7, 11) is 1.90. The lowest BCUT2D eigenvalue weighted by Gasteiger charge is -2.07. The van der Waals surface area contributed by atoms with Crippen molar-refractivity contribution in [1.82, 2.24) is 14.5 Å². The van der Waals surface area contributed by atoms with Crippen molar-refractivity contribution in [2.75, 3.05) is 0 Å². The third kappa shape index (κ3) is 2.87. The van der Waals surface area contributed by atoms with Gasteiger partial charge in [0, 0.05) is 31.6 Å². The monoisotopic (exact) mass is 354 g/mol. The summed E-state index contributed by atoms with van der Waals surface area (Å²) >= 11 is 1.47. The SMILES string of the molecule is Cn1cnc(-c2cc3nccc(Oc4ccc(N=O)cc4F)c3s2)c1. The van der Waals surface area contributed by atoms with Crippen molar-refractivity contribution in [1.29, 1.82) is 0 Å². The lowest BCUT2D eigenvalue weighted by atomic mass is 10.3. The maximum absolute atomic E-state index is 14.0. The number of ether oxygens (including phenoxy) is 1. The summed E-state index contributed by atoms with van der Waals surface area (Å²) in [5, 5.41) is 2.71. The number of pyridine rings is 1. The molecule has 0 aliphatic rings. The Morgan fingerprint density at radius 3 is 2.80 bits per heavy atom. The molecule has 4 aromatic rings. The Morgan fingerprint density at radius 1 is 1.20 bits per heavy atom. The van der Waals surface area contributed by atoms with Crippen molar-refractivity contribution in [2.45, 2.75) is 0 Å². The number of fused-ring (bicyclic) bond motifs is 1. The maximum Gasteiger partial charge on any atom is 0.167 e. The number of nitrogens with zero attached hydrogens (tertiary/aromatic N) is 4. The molecular formula is C17H11FN4O2S. The first-order valence-electron chi connectivity index (χ1n) is 7.31. The van der Waals surface area contributed by atoms with E-state index in [4.69, 9.17) is 4.74 Å². The van der Waals surface area contributed by atoms with Crippen LogP contribution in [-0.4, -0.2) is 14.5 Å². The normalized spacial score (nSPS) is 11.0. The van der Waals surface area contributed by atoms with Gasteiger partial charge in [0.2, 0.25) is 0 Å². The predicted molar refractivity (Wildman–Crippen MR) is 93.8 cm³/mol. The van der Waals surface area contributed by atoms with Crippen LogP contribution < -0.4 is 4.74 Å². The number of nitroso groups, excluding NO2 is 1. The largest absolute Gasteiger partial charge is 0.453 e. The molecule has 4 rings (SSSR count). The highest BCUT2D eigenvalue weighted by atomic mass is 32.1. The topological polar surface area (TPSA) is 69.4 Å². The fourth-order valence-corrected chi connectivity index (χ4v) is 3.44. The minimum Gasteiger partial charge on any atom is -0.453 e. The Balaban J connectivity index is 1.75. The second-order valence-electron chi connectivity index (χ2n) is 5.37. The summed E-state index contributed by atoms with van der Waals surface area (Å²) in [5.74, 6) is -0.140. The number of rotatable bonds is 4. The average Bonchev–Trinajstić information content (AvgIpc) is 3.23. The van der Waals surface area contributed by atoms with Crippen LogP contribution >= 0.6 is 11.3 Å². The highest BCUT2D eigenvalue weighted by molar-refractivity contribution is 7.22. The van der Waals surface area contributed by atoms with E-state index in [0.29, 0.717) is 5.75 Å². The second kappa shape index (κ2) is 6.06. The van der Waals surface area contributed by atoms with E-state index < -0.39 is 5.82 Å². The molecule has 0 saturated carbocycles. The van der Waals surface area contributed by atoms with Gasteiger partial charge in [0.1, 0.15) is 11.4 Å². The van der Waals surface area contributed by atoms with Gasteiger partial charge in [-0.1, -0.05) is 0 Å². The number of imidazole rings is 1. The molecule has 124 valence electrons. The quantitative estimate of drug-likeness (QED) is 0.482. The highest BCUT2D eigenvalue weighted by Crippen LogP contribution is 2.39. The van der Waals surface area contributed by atoms with Crippen LogP contribution in [0.4, 0.5) is 10.1 Å². The average molecular weight is 354 g/mol. The molecule has 0 saturated heterocycles. The molecule has 0 amide bonds. The number of aryl methyl sites for hydroxylation is 1. The van der Waals surface area contributed by atoms with E-state index in [1.807, 2.05) is 23.9 Å². The van der Waals surface area contributed by atoms with Gasteiger partial charge in [-0.15, -0.1) is 16.2 Å². The Bertz CT molecular complexity index is 1090. The van der Waals surface area contributed by atoms with Gasteiger partial charge in [-0.2, -0.15) is 0 Å². The van der Waals surface area contributed by atoms with Gasteiger partial charge in [0.15, 0.2) is 11.6 Å². The van der Waals surface area contributed by atoms with Gasteiger partial charge in [-0.25, -0.2) is 9.37 Å². The third-order valence-corrected chi connectivity index (χ3v) is 4.74. The maximum atomic E-state index is 14.0. The lowest BCUT2D eigenvalue weighted by molar-refractivity contribution is 0.447. The molecule has 1 aromatic carbocycles. The minimum absolute atomic E-state index is 0.0123. The van der Waals surface area contributed by atoms with E-state index in [9.17, 15) is 9.30 Å². The molecule has 0 unspecified atom stereocenters. The molecule has 0 aliphatic carbocycles. The van der Waals surface area contributed by atoms with Gasteiger partial charge in [0.05, 0.1) is 27.1 Å². The molecule has 3 aromatic heterocycles. The van der Waals surface area contributed by atoms with Crippen molar-refractivity contribution >= 4 is 27.2 Å². The lowest BCUT2D eigenvalue weighted by Crippen LogP contribution is -1.88. The van der Waals surface area contributed by atoms with Crippen molar-refractivity contribution in [2.24, 2.45) is 12.2 Å². The first kappa shape index (κ1) is 15.4. The molecule has 0 atom stereocenters.